The van der Waals surface area contributed by atoms with Crippen LogP contribution in [0.4, 0.5) is 0 Å². The molecule has 1 aliphatic heterocycles. The van der Waals surface area contributed by atoms with Crippen LogP contribution in [0.1, 0.15) is 40.2 Å². The lowest BCUT2D eigenvalue weighted by Crippen LogP contribution is -2.37. The number of aromatic nitrogens is 2. The fourth-order valence-electron chi connectivity index (χ4n) is 4.68. The molecule has 2 aromatic carbocycles. The second kappa shape index (κ2) is 9.64. The standard InChI is InChI=1S/C27H27N3O4S/c1-34-27(31)22-9-7-20(8-10-22)19-29-14-11-23-17-24(18-28-26(23)29)21-12-15-30(16-13-21)35(32,33)25-5-3-2-4-6-25/h2-11,14,17-18,21H,12-13,15-16,19H2,1H3. The van der Waals surface area contributed by atoms with E-state index in [9.17, 15) is 13.2 Å². The van der Waals surface area contributed by atoms with E-state index in [1.54, 1.807) is 40.7 Å². The number of piperidine rings is 1. The molecule has 1 fully saturated rings. The Hall–Kier alpha value is -3.49. The van der Waals surface area contributed by atoms with Gasteiger partial charge in [-0.1, -0.05) is 30.3 Å². The van der Waals surface area contributed by atoms with Crippen molar-refractivity contribution in [2.75, 3.05) is 20.2 Å². The maximum absolute atomic E-state index is 12.9. The molecule has 180 valence electrons. The molecule has 7 nitrogen and oxygen atoms in total. The van der Waals surface area contributed by atoms with Crippen LogP contribution < -0.4 is 0 Å². The summed E-state index contributed by atoms with van der Waals surface area (Å²) in [5.41, 5.74) is 3.64. The molecule has 0 N–H and O–H groups in total. The molecule has 8 heteroatoms. The largest absolute Gasteiger partial charge is 0.465 e. The van der Waals surface area contributed by atoms with Crippen LogP contribution in [0.2, 0.25) is 0 Å². The Balaban J connectivity index is 1.27. The zero-order valence-electron chi connectivity index (χ0n) is 19.5. The van der Waals surface area contributed by atoms with E-state index in [0.717, 1.165) is 35.0 Å². The van der Waals surface area contributed by atoms with Crippen molar-refractivity contribution < 1.29 is 17.9 Å². The smallest absolute Gasteiger partial charge is 0.337 e. The highest BCUT2D eigenvalue weighted by Gasteiger charge is 2.30. The van der Waals surface area contributed by atoms with E-state index < -0.39 is 10.0 Å². The second-order valence-corrected chi connectivity index (χ2v) is 10.7. The minimum absolute atomic E-state index is 0.281. The number of hydrogen-bond donors (Lipinski definition) is 0. The van der Waals surface area contributed by atoms with Gasteiger partial charge in [-0.3, -0.25) is 0 Å². The number of rotatable bonds is 6. The fraction of sp³-hybridized carbons (Fsp3) is 0.259. The highest BCUT2D eigenvalue weighted by Crippen LogP contribution is 2.32. The van der Waals surface area contributed by atoms with Gasteiger partial charge in [0.05, 0.1) is 17.6 Å². The van der Waals surface area contributed by atoms with Crippen molar-refractivity contribution in [1.82, 2.24) is 13.9 Å². The molecule has 3 heterocycles. The first-order valence-electron chi connectivity index (χ1n) is 11.6. The van der Waals surface area contributed by atoms with Gasteiger partial charge in [-0.15, -0.1) is 0 Å². The Morgan fingerprint density at radius 3 is 2.43 bits per heavy atom. The van der Waals surface area contributed by atoms with Crippen molar-refractivity contribution in [3.8, 4) is 0 Å². The van der Waals surface area contributed by atoms with Crippen molar-refractivity contribution in [3.05, 3.63) is 95.8 Å². The number of benzene rings is 2. The Bertz CT molecular complexity index is 1440. The van der Waals surface area contributed by atoms with Crippen LogP contribution in [0, 0.1) is 0 Å². The van der Waals surface area contributed by atoms with Crippen molar-refractivity contribution in [2.45, 2.75) is 30.2 Å². The van der Waals surface area contributed by atoms with Gasteiger partial charge in [0.1, 0.15) is 5.65 Å². The monoisotopic (exact) mass is 489 g/mol. The Morgan fingerprint density at radius 1 is 1.03 bits per heavy atom. The first kappa shape index (κ1) is 23.3. The Labute approximate surface area is 205 Å². The summed E-state index contributed by atoms with van der Waals surface area (Å²) in [4.78, 5) is 16.7. The van der Waals surface area contributed by atoms with E-state index in [2.05, 4.69) is 16.7 Å². The molecule has 35 heavy (non-hydrogen) atoms. The minimum atomic E-state index is -3.45. The van der Waals surface area contributed by atoms with Crippen molar-refractivity contribution in [3.63, 3.8) is 0 Å². The summed E-state index contributed by atoms with van der Waals surface area (Å²) in [6.07, 6.45) is 5.48. The lowest BCUT2D eigenvalue weighted by Gasteiger charge is -2.31. The molecular weight excluding hydrogens is 462 g/mol. The molecule has 0 amide bonds. The molecular formula is C27H27N3O4S. The molecule has 1 saturated heterocycles. The van der Waals surface area contributed by atoms with Crippen LogP contribution in [0.15, 0.2) is 84.0 Å². The van der Waals surface area contributed by atoms with E-state index in [-0.39, 0.29) is 11.9 Å². The summed E-state index contributed by atoms with van der Waals surface area (Å²) in [5.74, 6) is -0.0657. The Kier molecular flexibility index (Phi) is 6.40. The number of sulfonamides is 1. The van der Waals surface area contributed by atoms with Gasteiger partial charge in [0.25, 0.3) is 0 Å². The third-order valence-electron chi connectivity index (χ3n) is 6.66. The molecule has 0 aliphatic carbocycles. The van der Waals surface area contributed by atoms with E-state index >= 15 is 0 Å². The van der Waals surface area contributed by atoms with Gasteiger partial charge in [0, 0.05) is 37.4 Å². The molecule has 0 spiro atoms. The van der Waals surface area contributed by atoms with Crippen LogP contribution in [-0.2, 0) is 21.3 Å². The number of ether oxygens (including phenoxy) is 1. The molecule has 0 atom stereocenters. The summed E-state index contributed by atoms with van der Waals surface area (Å²) in [6.45, 7) is 1.65. The van der Waals surface area contributed by atoms with E-state index in [4.69, 9.17) is 9.72 Å². The number of carbonyl (C=O) groups is 1. The number of nitrogens with zero attached hydrogens (tertiary/aromatic N) is 3. The molecule has 2 aromatic heterocycles. The fourth-order valence-corrected chi connectivity index (χ4v) is 6.17. The molecule has 0 bridgehead atoms. The van der Waals surface area contributed by atoms with E-state index in [1.807, 2.05) is 30.6 Å². The summed E-state index contributed by atoms with van der Waals surface area (Å²) >= 11 is 0. The normalized spacial score (nSPS) is 15.3. The molecule has 5 rings (SSSR count). The van der Waals surface area contributed by atoms with Crippen LogP contribution >= 0.6 is 0 Å². The lowest BCUT2D eigenvalue weighted by molar-refractivity contribution is 0.0600. The minimum Gasteiger partial charge on any atom is -0.465 e. The van der Waals surface area contributed by atoms with Gasteiger partial charge in [0.15, 0.2) is 0 Å². The predicted molar refractivity (Wildman–Crippen MR) is 134 cm³/mol. The van der Waals surface area contributed by atoms with Gasteiger partial charge < -0.3 is 9.30 Å². The quantitative estimate of drug-likeness (QED) is 0.374. The number of carbonyl (C=O) groups excluding carboxylic acids is 1. The van der Waals surface area contributed by atoms with Crippen LogP contribution in [0.5, 0.6) is 0 Å². The number of fused-ring (bicyclic) bond motifs is 1. The lowest BCUT2D eigenvalue weighted by atomic mass is 9.91. The number of pyridine rings is 1. The van der Waals surface area contributed by atoms with Crippen molar-refractivity contribution >= 4 is 27.0 Å². The molecule has 0 unspecified atom stereocenters. The number of esters is 1. The third-order valence-corrected chi connectivity index (χ3v) is 8.57. The average molecular weight is 490 g/mol. The van der Waals surface area contributed by atoms with E-state index in [0.29, 0.717) is 30.1 Å². The number of hydrogen-bond acceptors (Lipinski definition) is 5. The molecule has 0 saturated carbocycles. The topological polar surface area (TPSA) is 81.5 Å². The van der Waals surface area contributed by atoms with Crippen LogP contribution in [0.3, 0.4) is 0 Å². The van der Waals surface area contributed by atoms with Gasteiger partial charge in [-0.05, 0) is 66.3 Å². The molecule has 1 aliphatic rings. The van der Waals surface area contributed by atoms with Crippen LogP contribution in [-0.4, -0.2) is 48.4 Å². The van der Waals surface area contributed by atoms with Crippen molar-refractivity contribution in [2.24, 2.45) is 0 Å². The summed E-state index contributed by atoms with van der Waals surface area (Å²) in [6, 6.07) is 20.2. The van der Waals surface area contributed by atoms with Gasteiger partial charge in [0.2, 0.25) is 10.0 Å². The maximum Gasteiger partial charge on any atom is 0.337 e. The van der Waals surface area contributed by atoms with Gasteiger partial charge in [-0.25, -0.2) is 18.2 Å². The van der Waals surface area contributed by atoms with E-state index in [1.165, 1.54) is 7.11 Å². The first-order chi connectivity index (χ1) is 17.0. The summed E-state index contributed by atoms with van der Waals surface area (Å²) in [5, 5.41) is 1.06. The van der Waals surface area contributed by atoms with Crippen LogP contribution in [0.25, 0.3) is 11.0 Å². The third kappa shape index (κ3) is 4.72. The highest BCUT2D eigenvalue weighted by atomic mass is 32.2. The summed E-state index contributed by atoms with van der Waals surface area (Å²) < 4.78 is 34.3. The molecule has 0 radical (unpaired) electrons. The molecule has 4 aromatic rings. The van der Waals surface area contributed by atoms with Gasteiger partial charge >= 0.3 is 5.97 Å². The maximum atomic E-state index is 12.9. The number of methoxy groups -OCH3 is 1. The van der Waals surface area contributed by atoms with Gasteiger partial charge in [-0.2, -0.15) is 4.31 Å². The zero-order chi connectivity index (χ0) is 24.4. The second-order valence-electron chi connectivity index (χ2n) is 8.81. The SMILES string of the molecule is COC(=O)c1ccc(Cn2ccc3cc(C4CCN(S(=O)(=O)c5ccccc5)CC4)cnc32)cc1. The highest BCUT2D eigenvalue weighted by molar-refractivity contribution is 7.89. The summed E-state index contributed by atoms with van der Waals surface area (Å²) in [7, 11) is -2.08. The zero-order valence-corrected chi connectivity index (χ0v) is 20.3. The Morgan fingerprint density at radius 2 is 1.74 bits per heavy atom. The van der Waals surface area contributed by atoms with Crippen molar-refractivity contribution in [1.29, 1.82) is 0 Å². The predicted octanol–water partition coefficient (Wildman–Crippen LogP) is 4.44. The average Bonchev–Trinajstić information content (AvgIpc) is 3.31. The first-order valence-corrected chi connectivity index (χ1v) is 13.1.